The van der Waals surface area contributed by atoms with Crippen molar-refractivity contribution in [1.29, 1.82) is 0 Å². The van der Waals surface area contributed by atoms with Gasteiger partial charge in [0.25, 0.3) is 5.91 Å². The lowest BCUT2D eigenvalue weighted by atomic mass is 10.0. The Bertz CT molecular complexity index is 980. The van der Waals surface area contributed by atoms with E-state index in [-0.39, 0.29) is 23.5 Å². The van der Waals surface area contributed by atoms with Gasteiger partial charge in [-0.05, 0) is 48.9 Å². The first kappa shape index (κ1) is 18.4. The van der Waals surface area contributed by atoms with Gasteiger partial charge in [-0.1, -0.05) is 29.8 Å². The second-order valence-corrected chi connectivity index (χ2v) is 7.72. The molecule has 0 bridgehead atoms. The second kappa shape index (κ2) is 7.94. The van der Waals surface area contributed by atoms with Gasteiger partial charge in [0, 0.05) is 11.3 Å². The van der Waals surface area contributed by atoms with Crippen molar-refractivity contribution in [2.24, 2.45) is 5.10 Å². The summed E-state index contributed by atoms with van der Waals surface area (Å²) in [5.41, 5.74) is 3.08. The van der Waals surface area contributed by atoms with E-state index in [1.165, 1.54) is 17.3 Å². The number of hydrogen-bond donors (Lipinski definition) is 1. The predicted octanol–water partition coefficient (Wildman–Crippen LogP) is 4.76. The van der Waals surface area contributed by atoms with Crippen LogP contribution in [0.4, 0.5) is 0 Å². The third-order valence-electron chi connectivity index (χ3n) is 4.62. The average molecular weight is 392 g/mol. The third kappa shape index (κ3) is 3.97. The van der Waals surface area contributed by atoms with E-state index in [1.54, 1.807) is 35.5 Å². The first-order chi connectivity index (χ1) is 13.6. The van der Waals surface area contributed by atoms with Crippen LogP contribution in [-0.2, 0) is 4.79 Å². The van der Waals surface area contributed by atoms with E-state index in [4.69, 9.17) is 4.42 Å². The number of carbonyl (C=O) groups is 1. The number of thioether (sulfide) groups is 1. The molecule has 4 rings (SSSR count). The lowest BCUT2D eigenvalue weighted by molar-refractivity contribution is -0.130. The van der Waals surface area contributed by atoms with Gasteiger partial charge in [-0.15, -0.1) is 11.8 Å². The number of aromatic hydroxyl groups is 1. The minimum atomic E-state index is -0.237. The maximum absolute atomic E-state index is 12.9. The van der Waals surface area contributed by atoms with Crippen LogP contribution in [0, 0.1) is 6.92 Å². The number of carbonyl (C=O) groups excluding carboxylic acids is 1. The molecule has 1 N–H and O–H groups in total. The summed E-state index contributed by atoms with van der Waals surface area (Å²) < 4.78 is 5.58. The van der Waals surface area contributed by atoms with Crippen LogP contribution in [0.5, 0.6) is 5.75 Å². The van der Waals surface area contributed by atoms with E-state index in [9.17, 15) is 9.90 Å². The minimum Gasteiger partial charge on any atom is -0.508 e. The third-order valence-corrected chi connectivity index (χ3v) is 5.62. The van der Waals surface area contributed by atoms with Crippen LogP contribution in [0.25, 0.3) is 0 Å². The molecule has 0 fully saturated rings. The second-order valence-electron chi connectivity index (χ2n) is 6.67. The van der Waals surface area contributed by atoms with Gasteiger partial charge in [-0.3, -0.25) is 4.79 Å². The van der Waals surface area contributed by atoms with Crippen LogP contribution >= 0.6 is 11.8 Å². The zero-order valence-electron chi connectivity index (χ0n) is 15.4. The van der Waals surface area contributed by atoms with Crippen LogP contribution in [0.2, 0.25) is 0 Å². The highest BCUT2D eigenvalue weighted by molar-refractivity contribution is 8.00. The Balaban J connectivity index is 1.54. The number of nitrogens with zero attached hydrogens (tertiary/aromatic N) is 2. The first-order valence-corrected chi connectivity index (χ1v) is 10.0. The summed E-state index contributed by atoms with van der Waals surface area (Å²) in [4.78, 5) is 13.8. The predicted molar refractivity (Wildman–Crippen MR) is 109 cm³/mol. The van der Waals surface area contributed by atoms with Gasteiger partial charge in [0.05, 0.1) is 17.7 Å². The summed E-state index contributed by atoms with van der Waals surface area (Å²) >= 11 is 1.42. The van der Waals surface area contributed by atoms with Gasteiger partial charge in [0.1, 0.15) is 17.6 Å². The smallest absolute Gasteiger partial charge is 0.253 e. The number of phenols is 1. The monoisotopic (exact) mass is 392 g/mol. The SMILES string of the molecule is Cc1ccc(C2=NN(C(=O)CSc3ccc(O)cc3)[C@H](c3ccco3)C2)cc1. The van der Waals surface area contributed by atoms with Crippen LogP contribution in [0.3, 0.4) is 0 Å². The Hall–Kier alpha value is -2.99. The van der Waals surface area contributed by atoms with Crippen LogP contribution in [0.1, 0.15) is 29.3 Å². The summed E-state index contributed by atoms with van der Waals surface area (Å²) in [6, 6.07) is 18.4. The molecule has 0 saturated carbocycles. The van der Waals surface area contributed by atoms with Gasteiger partial charge < -0.3 is 9.52 Å². The highest BCUT2D eigenvalue weighted by Gasteiger charge is 2.34. The van der Waals surface area contributed by atoms with E-state index in [0.717, 1.165) is 21.9 Å². The number of aryl methyl sites for hydroxylation is 1. The van der Waals surface area contributed by atoms with Crippen molar-refractivity contribution in [3.8, 4) is 5.75 Å². The standard InChI is InChI=1S/C22H20N2O3S/c1-15-4-6-16(7-5-15)19-13-20(21-3-2-12-27-21)24(23-19)22(26)14-28-18-10-8-17(25)9-11-18/h2-12,20,25H,13-14H2,1H3/t20-/m0/s1. The molecule has 28 heavy (non-hydrogen) atoms. The molecule has 0 radical (unpaired) electrons. The Labute approximate surface area is 167 Å². The maximum atomic E-state index is 12.9. The number of rotatable bonds is 5. The van der Waals surface area contributed by atoms with Crippen molar-refractivity contribution < 1.29 is 14.3 Å². The summed E-state index contributed by atoms with van der Waals surface area (Å²) in [7, 11) is 0. The fourth-order valence-electron chi connectivity index (χ4n) is 3.12. The molecule has 6 heteroatoms. The van der Waals surface area contributed by atoms with Crippen molar-refractivity contribution in [1.82, 2.24) is 5.01 Å². The molecule has 0 spiro atoms. The van der Waals surface area contributed by atoms with Crippen molar-refractivity contribution in [2.45, 2.75) is 24.3 Å². The molecule has 1 atom stereocenters. The quantitative estimate of drug-likeness (QED) is 0.636. The van der Waals surface area contributed by atoms with Gasteiger partial charge in [0.2, 0.25) is 0 Å². The van der Waals surface area contributed by atoms with E-state index in [2.05, 4.69) is 5.10 Å². The molecule has 142 valence electrons. The summed E-state index contributed by atoms with van der Waals surface area (Å²) in [5.74, 6) is 1.11. The maximum Gasteiger partial charge on any atom is 0.253 e. The summed E-state index contributed by atoms with van der Waals surface area (Å²) in [5, 5.41) is 15.6. The van der Waals surface area contributed by atoms with Gasteiger partial charge in [0.15, 0.2) is 0 Å². The van der Waals surface area contributed by atoms with Crippen molar-refractivity contribution in [3.05, 3.63) is 83.8 Å². The zero-order chi connectivity index (χ0) is 19.5. The Morgan fingerprint density at radius 2 is 1.93 bits per heavy atom. The minimum absolute atomic E-state index is 0.0819. The number of furan rings is 1. The molecule has 1 aromatic heterocycles. The fourth-order valence-corrected chi connectivity index (χ4v) is 3.87. The molecule has 5 nitrogen and oxygen atoms in total. The normalized spacial score (nSPS) is 16.2. The molecule has 0 aliphatic carbocycles. The van der Waals surface area contributed by atoms with Gasteiger partial charge in [-0.2, -0.15) is 5.10 Å². The number of hydrazone groups is 1. The van der Waals surface area contributed by atoms with E-state index in [1.807, 2.05) is 43.3 Å². The van der Waals surface area contributed by atoms with Crippen LogP contribution in [0.15, 0.2) is 81.3 Å². The Morgan fingerprint density at radius 1 is 1.18 bits per heavy atom. The number of amides is 1. The van der Waals surface area contributed by atoms with E-state index in [0.29, 0.717) is 6.42 Å². The van der Waals surface area contributed by atoms with Crippen LogP contribution in [-0.4, -0.2) is 27.5 Å². The van der Waals surface area contributed by atoms with Gasteiger partial charge in [-0.25, -0.2) is 5.01 Å². The van der Waals surface area contributed by atoms with E-state index >= 15 is 0 Å². The molecule has 1 aliphatic rings. The largest absolute Gasteiger partial charge is 0.508 e. The Kier molecular flexibility index (Phi) is 5.21. The van der Waals surface area contributed by atoms with Crippen molar-refractivity contribution >= 4 is 23.4 Å². The Morgan fingerprint density at radius 3 is 2.61 bits per heavy atom. The van der Waals surface area contributed by atoms with Crippen molar-refractivity contribution in [2.75, 3.05) is 5.75 Å². The highest BCUT2D eigenvalue weighted by Crippen LogP contribution is 2.34. The lowest BCUT2D eigenvalue weighted by Gasteiger charge is -2.19. The fraction of sp³-hybridized carbons (Fsp3) is 0.182. The summed E-state index contributed by atoms with van der Waals surface area (Å²) in [6.07, 6.45) is 2.24. The molecule has 0 saturated heterocycles. The molecule has 2 aromatic carbocycles. The number of hydrogen-bond acceptors (Lipinski definition) is 5. The molecule has 1 aliphatic heterocycles. The van der Waals surface area contributed by atoms with Gasteiger partial charge >= 0.3 is 0 Å². The number of phenolic OH excluding ortho intramolecular Hbond substituents is 1. The molecular formula is C22H20N2O3S. The number of benzene rings is 2. The lowest BCUT2D eigenvalue weighted by Crippen LogP contribution is -2.28. The molecule has 1 amide bonds. The molecule has 0 unspecified atom stereocenters. The molecular weight excluding hydrogens is 372 g/mol. The average Bonchev–Trinajstić information content (AvgIpc) is 3.37. The van der Waals surface area contributed by atoms with Crippen LogP contribution < -0.4 is 0 Å². The molecule has 3 aromatic rings. The zero-order valence-corrected chi connectivity index (χ0v) is 16.2. The van der Waals surface area contributed by atoms with E-state index < -0.39 is 0 Å². The highest BCUT2D eigenvalue weighted by atomic mass is 32.2. The summed E-state index contributed by atoms with van der Waals surface area (Å²) in [6.45, 7) is 2.04. The van der Waals surface area contributed by atoms with Crippen molar-refractivity contribution in [3.63, 3.8) is 0 Å². The topological polar surface area (TPSA) is 66.0 Å². The molecule has 2 heterocycles. The first-order valence-electron chi connectivity index (χ1n) is 9.02.